The second kappa shape index (κ2) is 7.30. The Kier molecular flexibility index (Phi) is 4.60. The van der Waals surface area contributed by atoms with Gasteiger partial charge in [0.2, 0.25) is 0 Å². The summed E-state index contributed by atoms with van der Waals surface area (Å²) in [6, 6.07) is 15.6. The Labute approximate surface area is 174 Å². The van der Waals surface area contributed by atoms with Crippen molar-refractivity contribution in [2.24, 2.45) is 0 Å². The largest absolute Gasteiger partial charge is 0.268 e. The summed E-state index contributed by atoms with van der Waals surface area (Å²) in [6.07, 6.45) is 6.18. The number of hydrogen-bond acceptors (Lipinski definition) is 6. The lowest BCUT2D eigenvalue weighted by Crippen LogP contribution is -2.16. The van der Waals surface area contributed by atoms with Gasteiger partial charge in [-0.2, -0.15) is 13.5 Å². The molecule has 0 aliphatic carbocycles. The Morgan fingerprint density at radius 2 is 1.90 bits per heavy atom. The van der Waals surface area contributed by atoms with Gasteiger partial charge >= 0.3 is 0 Å². The first-order valence-electron chi connectivity index (χ1n) is 9.72. The molecular weight excluding hydrogens is 400 g/mol. The molecule has 1 aliphatic rings. The Balaban J connectivity index is 1.70. The lowest BCUT2D eigenvalue weighted by Gasteiger charge is -2.11. The van der Waals surface area contributed by atoms with Gasteiger partial charge in [0.25, 0.3) is 10.1 Å². The average Bonchev–Trinajstić information content (AvgIpc) is 3.31. The first kappa shape index (κ1) is 18.9. The Morgan fingerprint density at radius 1 is 1.07 bits per heavy atom. The van der Waals surface area contributed by atoms with Crippen molar-refractivity contribution >= 4 is 21.0 Å². The van der Waals surface area contributed by atoms with Crippen LogP contribution in [0.25, 0.3) is 33.4 Å². The van der Waals surface area contributed by atoms with Crippen molar-refractivity contribution in [2.45, 2.75) is 18.9 Å². The molecule has 30 heavy (non-hydrogen) atoms. The summed E-state index contributed by atoms with van der Waals surface area (Å²) in [5.74, 6) is 0. The van der Waals surface area contributed by atoms with E-state index in [0.717, 1.165) is 58.2 Å². The number of benzene rings is 1. The number of rotatable bonds is 5. The summed E-state index contributed by atoms with van der Waals surface area (Å²) in [6.45, 7) is 0.0751. The predicted molar refractivity (Wildman–Crippen MR) is 114 cm³/mol. The Hall–Kier alpha value is -3.10. The number of pyridine rings is 2. The molecule has 0 bridgehead atoms. The highest BCUT2D eigenvalue weighted by molar-refractivity contribution is 7.85. The first-order chi connectivity index (χ1) is 14.5. The Morgan fingerprint density at radius 3 is 2.70 bits per heavy atom. The van der Waals surface area contributed by atoms with E-state index in [1.165, 1.54) is 0 Å². The van der Waals surface area contributed by atoms with Gasteiger partial charge < -0.3 is 0 Å². The fourth-order valence-corrected chi connectivity index (χ4v) is 4.48. The molecule has 7 nitrogen and oxygen atoms in total. The van der Waals surface area contributed by atoms with Gasteiger partial charge in [0.15, 0.2) is 0 Å². The van der Waals surface area contributed by atoms with E-state index in [9.17, 15) is 8.42 Å². The van der Waals surface area contributed by atoms with Gasteiger partial charge in [-0.15, -0.1) is 0 Å². The maximum atomic E-state index is 11.5. The van der Waals surface area contributed by atoms with Crippen molar-refractivity contribution in [3.63, 3.8) is 0 Å². The third kappa shape index (κ3) is 3.38. The summed E-state index contributed by atoms with van der Waals surface area (Å²) in [7, 11) is -3.51. The summed E-state index contributed by atoms with van der Waals surface area (Å²) in [4.78, 5) is 9.01. The molecule has 0 saturated heterocycles. The van der Waals surface area contributed by atoms with Gasteiger partial charge in [0, 0.05) is 29.0 Å². The molecule has 0 N–H and O–H groups in total. The molecule has 5 rings (SSSR count). The molecule has 0 amide bonds. The van der Waals surface area contributed by atoms with Crippen LogP contribution >= 0.6 is 0 Å². The molecule has 4 aromatic rings. The van der Waals surface area contributed by atoms with E-state index >= 15 is 0 Å². The molecular formula is C22H20N4O3S. The highest BCUT2D eigenvalue weighted by Gasteiger charge is 2.31. The smallest absolute Gasteiger partial charge is 0.264 e. The first-order valence-corrected chi connectivity index (χ1v) is 11.5. The second-order valence-electron chi connectivity index (χ2n) is 7.39. The molecule has 1 unspecified atom stereocenters. The van der Waals surface area contributed by atoms with Crippen molar-refractivity contribution in [1.82, 2.24) is 19.7 Å². The fraction of sp³-hybridized carbons (Fsp3) is 0.227. The maximum Gasteiger partial charge on any atom is 0.264 e. The van der Waals surface area contributed by atoms with Crippen LogP contribution in [0.4, 0.5) is 0 Å². The lowest BCUT2D eigenvalue weighted by molar-refractivity contribution is 0.252. The molecule has 0 spiro atoms. The zero-order chi connectivity index (χ0) is 20.7. The van der Waals surface area contributed by atoms with Crippen molar-refractivity contribution in [2.75, 3.05) is 12.9 Å². The SMILES string of the molecule is CS(=O)(=O)OCC1CCc2c(-c3ccnc4ccccc34)c(-c3ccccn3)nn21. The number of hydrogen-bond donors (Lipinski definition) is 0. The molecule has 0 radical (unpaired) electrons. The number of para-hydroxylation sites is 1. The zero-order valence-corrected chi connectivity index (χ0v) is 17.2. The Bertz CT molecular complexity index is 1330. The topological polar surface area (TPSA) is 87.0 Å². The van der Waals surface area contributed by atoms with Crippen LogP contribution in [0.5, 0.6) is 0 Å². The van der Waals surface area contributed by atoms with E-state index in [4.69, 9.17) is 9.28 Å². The van der Waals surface area contributed by atoms with Gasteiger partial charge in [0.1, 0.15) is 5.69 Å². The zero-order valence-electron chi connectivity index (χ0n) is 16.4. The van der Waals surface area contributed by atoms with Crippen LogP contribution in [-0.4, -0.2) is 41.0 Å². The highest BCUT2D eigenvalue weighted by Crippen LogP contribution is 2.42. The van der Waals surface area contributed by atoms with Gasteiger partial charge in [-0.3, -0.25) is 18.8 Å². The van der Waals surface area contributed by atoms with Crippen LogP contribution in [0, 0.1) is 0 Å². The molecule has 3 aromatic heterocycles. The van der Waals surface area contributed by atoms with Crippen LogP contribution in [-0.2, 0) is 20.7 Å². The van der Waals surface area contributed by atoms with E-state index in [2.05, 4.69) is 16.0 Å². The molecule has 1 atom stereocenters. The predicted octanol–water partition coefficient (Wildman–Crippen LogP) is 3.62. The molecule has 4 heterocycles. The van der Waals surface area contributed by atoms with Crippen LogP contribution in [0.2, 0.25) is 0 Å². The van der Waals surface area contributed by atoms with E-state index in [-0.39, 0.29) is 12.6 Å². The molecule has 0 fully saturated rings. The van der Waals surface area contributed by atoms with Crippen LogP contribution in [0.15, 0.2) is 60.9 Å². The highest BCUT2D eigenvalue weighted by atomic mass is 32.2. The minimum atomic E-state index is -3.51. The summed E-state index contributed by atoms with van der Waals surface area (Å²) >= 11 is 0. The number of aromatic nitrogens is 4. The van der Waals surface area contributed by atoms with E-state index in [0.29, 0.717) is 0 Å². The molecule has 0 saturated carbocycles. The third-order valence-electron chi connectivity index (χ3n) is 5.37. The normalized spacial score (nSPS) is 16.1. The molecule has 1 aromatic carbocycles. The van der Waals surface area contributed by atoms with Crippen LogP contribution < -0.4 is 0 Å². The standard InChI is InChI=1S/C22H20N4O3S/c1-30(27,28)29-14-15-9-10-20-21(17-11-13-24-18-7-3-2-6-16(17)18)22(25-26(15)20)19-8-4-5-12-23-19/h2-8,11-13,15H,9-10,14H2,1H3. The third-order valence-corrected chi connectivity index (χ3v) is 5.93. The van der Waals surface area contributed by atoms with Crippen molar-refractivity contribution in [1.29, 1.82) is 0 Å². The quantitative estimate of drug-likeness (QED) is 0.458. The van der Waals surface area contributed by atoms with Crippen LogP contribution in [0.3, 0.4) is 0 Å². The van der Waals surface area contributed by atoms with Gasteiger partial charge in [-0.25, -0.2) is 0 Å². The van der Waals surface area contributed by atoms with Crippen molar-refractivity contribution in [3.8, 4) is 22.5 Å². The van der Waals surface area contributed by atoms with E-state index in [1.807, 2.05) is 53.3 Å². The summed E-state index contributed by atoms with van der Waals surface area (Å²) in [5, 5.41) is 5.93. The molecule has 8 heteroatoms. The summed E-state index contributed by atoms with van der Waals surface area (Å²) in [5.41, 5.74) is 5.61. The molecule has 1 aliphatic heterocycles. The minimum Gasteiger partial charge on any atom is -0.268 e. The van der Waals surface area contributed by atoms with E-state index in [1.54, 1.807) is 6.20 Å². The van der Waals surface area contributed by atoms with Crippen LogP contribution in [0.1, 0.15) is 18.2 Å². The monoisotopic (exact) mass is 420 g/mol. The fourth-order valence-electron chi connectivity index (χ4n) is 4.07. The number of fused-ring (bicyclic) bond motifs is 2. The second-order valence-corrected chi connectivity index (χ2v) is 9.03. The maximum absolute atomic E-state index is 11.5. The lowest BCUT2D eigenvalue weighted by atomic mass is 9.96. The van der Waals surface area contributed by atoms with Crippen molar-refractivity contribution < 1.29 is 12.6 Å². The van der Waals surface area contributed by atoms with Crippen molar-refractivity contribution in [3.05, 3.63) is 66.6 Å². The molecule has 152 valence electrons. The average molecular weight is 420 g/mol. The minimum absolute atomic E-state index is 0.0751. The van der Waals surface area contributed by atoms with Gasteiger partial charge in [0.05, 0.1) is 30.1 Å². The summed E-state index contributed by atoms with van der Waals surface area (Å²) < 4.78 is 30.0. The number of nitrogens with zero attached hydrogens (tertiary/aromatic N) is 4. The van der Waals surface area contributed by atoms with Gasteiger partial charge in [-0.05, 0) is 42.7 Å². The van der Waals surface area contributed by atoms with Gasteiger partial charge in [-0.1, -0.05) is 24.3 Å². The van der Waals surface area contributed by atoms with E-state index < -0.39 is 10.1 Å².